The maximum atomic E-state index is 13.6. The van der Waals surface area contributed by atoms with Gasteiger partial charge in [-0.25, -0.2) is 4.98 Å². The van der Waals surface area contributed by atoms with Crippen molar-refractivity contribution >= 4 is 38.3 Å². The molecule has 32 heavy (non-hydrogen) atoms. The smallest absolute Gasteiger partial charge is 0.260 e. The Labute approximate surface area is 195 Å². The first-order valence-corrected chi connectivity index (χ1v) is 12.0. The topological polar surface area (TPSA) is 48.9 Å². The van der Waals surface area contributed by atoms with Crippen molar-refractivity contribution < 1.29 is 9.53 Å². The van der Waals surface area contributed by atoms with Crippen molar-refractivity contribution in [2.24, 2.45) is 0 Å². The summed E-state index contributed by atoms with van der Waals surface area (Å²) in [6.07, 6.45) is 0.863. The van der Waals surface area contributed by atoms with E-state index < -0.39 is 0 Å². The number of methoxy groups -OCH3 is 1. The number of ether oxygens (including phenoxy) is 1. The molecule has 0 spiro atoms. The summed E-state index contributed by atoms with van der Waals surface area (Å²) in [5, 5.41) is 0.712. The highest BCUT2D eigenvalue weighted by Gasteiger charge is 2.23. The van der Waals surface area contributed by atoms with E-state index in [9.17, 15) is 4.79 Å². The molecule has 1 aromatic heterocycles. The molecule has 2 aromatic carbocycles. The number of amides is 1. The number of hydrogen-bond acceptors (Lipinski definition) is 6. The van der Waals surface area contributed by atoms with E-state index in [-0.39, 0.29) is 5.91 Å². The second-order valence-corrected chi connectivity index (χ2v) is 9.07. The second-order valence-electron chi connectivity index (χ2n) is 8.09. The maximum Gasteiger partial charge on any atom is 0.260 e. The van der Waals surface area contributed by atoms with Crippen LogP contribution in [0.2, 0.25) is 0 Å². The lowest BCUT2D eigenvalue weighted by Gasteiger charge is -2.23. The van der Waals surface area contributed by atoms with Crippen molar-refractivity contribution in [2.45, 2.75) is 27.2 Å². The monoisotopic (exact) mass is 454 g/mol. The lowest BCUT2D eigenvalue weighted by molar-refractivity contribution is 0.0986. The Bertz CT molecular complexity index is 1040. The van der Waals surface area contributed by atoms with Crippen molar-refractivity contribution in [3.05, 3.63) is 47.5 Å². The quantitative estimate of drug-likeness (QED) is 0.429. The predicted molar refractivity (Wildman–Crippen MR) is 136 cm³/mol. The molecule has 0 saturated carbocycles. The van der Waals surface area contributed by atoms with Gasteiger partial charge in [-0.3, -0.25) is 9.69 Å². The Balaban J connectivity index is 1.96. The van der Waals surface area contributed by atoms with Crippen LogP contribution in [0.1, 0.15) is 36.2 Å². The van der Waals surface area contributed by atoms with Crippen LogP contribution in [0.3, 0.4) is 0 Å². The van der Waals surface area contributed by atoms with Gasteiger partial charge in [0.05, 0.1) is 11.8 Å². The zero-order valence-corrected chi connectivity index (χ0v) is 20.8. The highest BCUT2D eigenvalue weighted by Crippen LogP contribution is 2.37. The molecule has 0 bridgehead atoms. The van der Waals surface area contributed by atoms with Gasteiger partial charge in [-0.15, -0.1) is 0 Å². The molecule has 0 aliphatic rings. The zero-order chi connectivity index (χ0) is 23.3. The summed E-state index contributed by atoms with van der Waals surface area (Å²) in [6.45, 7) is 9.72. The fraction of sp³-hybridized carbons (Fsp3) is 0.440. The third-order valence-electron chi connectivity index (χ3n) is 5.62. The number of anilines is 2. The van der Waals surface area contributed by atoms with E-state index in [0.29, 0.717) is 17.2 Å². The number of aryl methyl sites for hydroxylation is 1. The Morgan fingerprint density at radius 2 is 1.72 bits per heavy atom. The van der Waals surface area contributed by atoms with E-state index in [2.05, 4.69) is 30.6 Å². The van der Waals surface area contributed by atoms with Crippen LogP contribution in [0, 0.1) is 6.92 Å². The zero-order valence-electron chi connectivity index (χ0n) is 20.0. The van der Waals surface area contributed by atoms with Crippen LogP contribution in [-0.2, 0) is 0 Å². The Hall–Kier alpha value is -2.64. The fourth-order valence-electron chi connectivity index (χ4n) is 3.77. The van der Waals surface area contributed by atoms with Crippen LogP contribution in [0.25, 0.3) is 10.2 Å². The molecule has 0 unspecified atom stereocenters. The number of carbonyl (C=O) groups is 1. The van der Waals surface area contributed by atoms with Gasteiger partial charge in [0, 0.05) is 30.9 Å². The summed E-state index contributed by atoms with van der Waals surface area (Å²) in [5.41, 5.74) is 3.75. The largest absolute Gasteiger partial charge is 0.494 e. The van der Waals surface area contributed by atoms with Gasteiger partial charge in [0.1, 0.15) is 11.3 Å². The van der Waals surface area contributed by atoms with Gasteiger partial charge in [0.25, 0.3) is 5.91 Å². The van der Waals surface area contributed by atoms with E-state index in [0.717, 1.165) is 53.3 Å². The molecule has 1 heterocycles. The first-order valence-electron chi connectivity index (χ1n) is 11.1. The molecule has 0 aliphatic carbocycles. The van der Waals surface area contributed by atoms with Crippen molar-refractivity contribution in [3.63, 3.8) is 0 Å². The summed E-state index contributed by atoms with van der Waals surface area (Å²) in [6, 6.07) is 11.9. The molecule has 0 aliphatic heterocycles. The Kier molecular flexibility index (Phi) is 8.10. The lowest BCUT2D eigenvalue weighted by atomic mass is 10.1. The first-order chi connectivity index (χ1) is 15.4. The molecule has 172 valence electrons. The molecule has 0 atom stereocenters. The van der Waals surface area contributed by atoms with Crippen LogP contribution < -0.4 is 14.5 Å². The minimum Gasteiger partial charge on any atom is -0.494 e. The number of aromatic nitrogens is 1. The predicted octanol–water partition coefficient (Wildman–Crippen LogP) is 5.06. The average molecular weight is 455 g/mol. The minimum atomic E-state index is -0.0227. The number of hydrogen-bond donors (Lipinski definition) is 0. The van der Waals surface area contributed by atoms with Gasteiger partial charge in [-0.1, -0.05) is 17.4 Å². The van der Waals surface area contributed by atoms with E-state index in [4.69, 9.17) is 9.72 Å². The fourth-order valence-corrected chi connectivity index (χ4v) is 4.84. The number of thiazole rings is 1. The Morgan fingerprint density at radius 1 is 1.03 bits per heavy atom. The van der Waals surface area contributed by atoms with Gasteiger partial charge in [0.2, 0.25) is 0 Å². The molecule has 0 N–H and O–H groups in total. The van der Waals surface area contributed by atoms with Crippen LogP contribution >= 0.6 is 11.3 Å². The highest BCUT2D eigenvalue weighted by atomic mass is 32.1. The van der Waals surface area contributed by atoms with Gasteiger partial charge in [0.15, 0.2) is 5.13 Å². The molecule has 0 saturated heterocycles. The molecule has 0 fully saturated rings. The average Bonchev–Trinajstić information content (AvgIpc) is 3.24. The molecular formula is C25H34N4O2S. The standard InChI is InChI=1S/C25H34N4O2S/c1-7-28(8-2)20-13-11-19(12-14-20)24(30)29(17-9-16-27(4)5)25-26-22-21(31-6)15-10-18(3)23(22)32-25/h10-15H,7-9,16-17H2,1-6H3. The minimum absolute atomic E-state index is 0.0227. The molecule has 3 aromatic rings. The highest BCUT2D eigenvalue weighted by molar-refractivity contribution is 7.22. The SMILES string of the molecule is CCN(CC)c1ccc(C(=O)N(CCCN(C)C)c2nc3c(OC)ccc(C)c3s2)cc1. The summed E-state index contributed by atoms with van der Waals surface area (Å²) in [4.78, 5) is 24.7. The number of rotatable bonds is 10. The number of fused-ring (bicyclic) bond motifs is 1. The van der Waals surface area contributed by atoms with E-state index >= 15 is 0 Å². The second kappa shape index (κ2) is 10.8. The molecule has 7 heteroatoms. The van der Waals surface area contributed by atoms with Crippen LogP contribution in [0.15, 0.2) is 36.4 Å². The summed E-state index contributed by atoms with van der Waals surface area (Å²) in [5.74, 6) is 0.711. The molecular weight excluding hydrogens is 420 g/mol. The maximum absolute atomic E-state index is 13.6. The van der Waals surface area contributed by atoms with Crippen molar-refractivity contribution in [2.75, 3.05) is 57.2 Å². The number of nitrogens with zero attached hydrogens (tertiary/aromatic N) is 4. The van der Waals surface area contributed by atoms with Gasteiger partial charge in [-0.05, 0) is 83.7 Å². The number of benzene rings is 2. The molecule has 0 radical (unpaired) electrons. The third kappa shape index (κ3) is 5.22. The molecule has 3 rings (SSSR count). The van der Waals surface area contributed by atoms with Crippen LogP contribution in [0.5, 0.6) is 5.75 Å². The van der Waals surface area contributed by atoms with Crippen LogP contribution in [0.4, 0.5) is 10.8 Å². The van der Waals surface area contributed by atoms with E-state index in [1.54, 1.807) is 18.4 Å². The molecule has 1 amide bonds. The summed E-state index contributed by atoms with van der Waals surface area (Å²) in [7, 11) is 5.74. The van der Waals surface area contributed by atoms with Crippen molar-refractivity contribution in [1.29, 1.82) is 0 Å². The third-order valence-corrected chi connectivity index (χ3v) is 6.83. The normalized spacial score (nSPS) is 11.2. The lowest BCUT2D eigenvalue weighted by Crippen LogP contribution is -2.33. The van der Waals surface area contributed by atoms with Gasteiger partial charge in [-0.2, -0.15) is 0 Å². The van der Waals surface area contributed by atoms with E-state index in [1.165, 1.54) is 0 Å². The van der Waals surface area contributed by atoms with Crippen molar-refractivity contribution in [3.8, 4) is 5.75 Å². The number of carbonyl (C=O) groups excluding carboxylic acids is 1. The Morgan fingerprint density at radius 3 is 2.31 bits per heavy atom. The summed E-state index contributed by atoms with van der Waals surface area (Å²) >= 11 is 1.55. The van der Waals surface area contributed by atoms with Crippen LogP contribution in [-0.4, -0.2) is 63.2 Å². The van der Waals surface area contributed by atoms with E-state index in [1.807, 2.05) is 55.4 Å². The van der Waals surface area contributed by atoms with Gasteiger partial charge >= 0.3 is 0 Å². The van der Waals surface area contributed by atoms with Crippen molar-refractivity contribution in [1.82, 2.24) is 9.88 Å². The summed E-state index contributed by atoms with van der Waals surface area (Å²) < 4.78 is 6.58. The first kappa shape index (κ1) is 24.0. The molecule has 6 nitrogen and oxygen atoms in total. The van der Waals surface area contributed by atoms with Gasteiger partial charge < -0.3 is 14.5 Å².